The number of nitrogens with one attached hydrogen (secondary N) is 1. The van der Waals surface area contributed by atoms with E-state index in [0.717, 1.165) is 17.8 Å². The molecule has 12 heteroatoms. The van der Waals surface area contributed by atoms with Crippen molar-refractivity contribution in [3.05, 3.63) is 61.9 Å². The Labute approximate surface area is 174 Å². The Bertz CT molecular complexity index is 1290. The Morgan fingerprint density at radius 3 is 3.00 bits per heavy atom. The average molecular weight is 445 g/mol. The topological polar surface area (TPSA) is 129 Å². The van der Waals surface area contributed by atoms with Crippen LogP contribution in [0.2, 0.25) is 0 Å². The Balaban J connectivity index is 1.62. The van der Waals surface area contributed by atoms with Crippen molar-refractivity contribution in [2.75, 3.05) is 6.56 Å². The summed E-state index contributed by atoms with van der Waals surface area (Å²) in [7, 11) is -4.71. The first kappa shape index (κ1) is 17.4. The van der Waals surface area contributed by atoms with Crippen molar-refractivity contribution in [3.8, 4) is 5.75 Å². The van der Waals surface area contributed by atoms with Gasteiger partial charge in [-0.15, -0.1) is 0 Å². The Hall–Kier alpha value is -2.30. The van der Waals surface area contributed by atoms with Crippen LogP contribution in [0, 0.1) is 13.8 Å². The minimum atomic E-state index is -4.71. The van der Waals surface area contributed by atoms with Gasteiger partial charge in [0.1, 0.15) is 18.4 Å². The van der Waals surface area contributed by atoms with Gasteiger partial charge in [0.25, 0.3) is 5.56 Å². The third-order valence-electron chi connectivity index (χ3n) is 4.46. The number of aliphatic hydroxyl groups is 1. The van der Waals surface area contributed by atoms with Gasteiger partial charge in [0, 0.05) is 24.2 Å². The Morgan fingerprint density at radius 2 is 2.27 bits per heavy atom. The molecule has 3 heterocycles. The number of fused-ring (bicyclic) bond motifs is 1. The van der Waals surface area contributed by atoms with Crippen LogP contribution in [0.15, 0.2) is 34.0 Å². The van der Waals surface area contributed by atoms with Crippen molar-refractivity contribution < 1.29 is 36.5 Å². The van der Waals surface area contributed by atoms with E-state index in [1.54, 1.807) is 19.1 Å². The van der Waals surface area contributed by atoms with E-state index < -0.39 is 50.2 Å². The number of halogens is 1. The average Bonchev–Trinajstić information content (AvgIpc) is 2.92. The van der Waals surface area contributed by atoms with Crippen LogP contribution in [0.1, 0.15) is 33.4 Å². The van der Waals surface area contributed by atoms with E-state index in [2.05, 4.69) is 0 Å². The van der Waals surface area contributed by atoms with E-state index in [-0.39, 0.29) is 12.4 Å². The maximum absolute atomic E-state index is 15.7. The van der Waals surface area contributed by atoms with Gasteiger partial charge in [0.05, 0.1) is 10.7 Å². The van der Waals surface area contributed by atoms with Crippen molar-refractivity contribution in [1.82, 2.24) is 9.55 Å². The number of phosphoric ester groups is 1. The number of aliphatic hydroxyl groups excluding tert-OH is 1. The minimum absolute atomic E-state index is 0.140. The van der Waals surface area contributed by atoms with E-state index in [1.165, 1.54) is 0 Å². The standard InChI is InChI=1S/C18H20FN2O8P/c1-10-5-11(2)15-12(6-10)8-26-30(25,29-15)27-9-18(19)7-13(22)16(28-18)21-4-3-14(23)20-17(21)24/h3-6,13,16,22H,7-9H2,1-2H3,(H,20,23,24)/t13-,16-,18+,30?/m1/s1/i9D2,16D. The number of aryl methyl sites for hydroxylation is 2. The molecule has 10 nitrogen and oxygen atoms in total. The first-order valence-electron chi connectivity index (χ1n) is 10.3. The van der Waals surface area contributed by atoms with Gasteiger partial charge in [-0.2, -0.15) is 0 Å². The van der Waals surface area contributed by atoms with Gasteiger partial charge in [-0.05, 0) is 19.4 Å². The van der Waals surface area contributed by atoms with Crippen LogP contribution >= 0.6 is 7.82 Å². The largest absolute Gasteiger partial charge is 0.530 e. The third kappa shape index (κ3) is 3.99. The molecule has 1 aromatic carbocycles. The normalized spacial score (nSPS) is 35.1. The summed E-state index contributed by atoms with van der Waals surface area (Å²) in [6, 6.07) is 4.27. The van der Waals surface area contributed by atoms with Crippen molar-refractivity contribution in [1.29, 1.82) is 0 Å². The molecule has 0 spiro atoms. The molecule has 4 atom stereocenters. The summed E-state index contributed by atoms with van der Waals surface area (Å²) in [6.07, 6.45) is -5.33. The van der Waals surface area contributed by atoms with Crippen molar-refractivity contribution in [3.63, 3.8) is 0 Å². The van der Waals surface area contributed by atoms with E-state index >= 15 is 4.39 Å². The lowest BCUT2D eigenvalue weighted by atomic mass is 10.1. The van der Waals surface area contributed by atoms with Crippen LogP contribution in [0.25, 0.3) is 0 Å². The van der Waals surface area contributed by atoms with Crippen LogP contribution in [0.3, 0.4) is 0 Å². The Morgan fingerprint density at radius 1 is 1.50 bits per heavy atom. The lowest BCUT2D eigenvalue weighted by Gasteiger charge is -2.28. The van der Waals surface area contributed by atoms with Gasteiger partial charge in [-0.3, -0.25) is 23.4 Å². The zero-order valence-electron chi connectivity index (χ0n) is 18.9. The van der Waals surface area contributed by atoms with Crippen LogP contribution in [0.4, 0.5) is 4.39 Å². The molecule has 2 aromatic rings. The summed E-state index contributed by atoms with van der Waals surface area (Å²) in [5.41, 5.74) is -0.0211. The molecule has 1 saturated heterocycles. The van der Waals surface area contributed by atoms with Gasteiger partial charge >= 0.3 is 13.5 Å². The summed E-state index contributed by atoms with van der Waals surface area (Å²) in [4.78, 5) is 25.1. The molecule has 2 aliphatic heterocycles. The molecule has 30 heavy (non-hydrogen) atoms. The number of aromatic nitrogens is 2. The highest BCUT2D eigenvalue weighted by Crippen LogP contribution is 2.56. The highest BCUT2D eigenvalue weighted by atomic mass is 31.2. The third-order valence-corrected chi connectivity index (χ3v) is 5.62. The zero-order chi connectivity index (χ0) is 24.4. The highest BCUT2D eigenvalue weighted by molar-refractivity contribution is 7.49. The number of hydrogen-bond acceptors (Lipinski definition) is 8. The summed E-state index contributed by atoms with van der Waals surface area (Å²) in [6.45, 7) is -0.329. The summed E-state index contributed by atoms with van der Waals surface area (Å²) in [5.74, 6) is -3.42. The summed E-state index contributed by atoms with van der Waals surface area (Å²) < 4.78 is 73.5. The number of hydrogen-bond donors (Lipinski definition) is 2. The number of alkyl halides is 1. The molecular weight excluding hydrogens is 422 g/mol. The lowest BCUT2D eigenvalue weighted by Crippen LogP contribution is -2.35. The molecule has 0 bridgehead atoms. The molecule has 162 valence electrons. The number of H-pyrrole nitrogens is 1. The first-order valence-corrected chi connectivity index (χ1v) is 10.3. The smallest absolute Gasteiger partial charge is 0.403 e. The highest BCUT2D eigenvalue weighted by Gasteiger charge is 2.50. The maximum Gasteiger partial charge on any atom is 0.530 e. The monoisotopic (exact) mass is 445 g/mol. The fourth-order valence-corrected chi connectivity index (χ4v) is 4.38. The van der Waals surface area contributed by atoms with Gasteiger partial charge in [0.2, 0.25) is 5.85 Å². The molecule has 1 unspecified atom stereocenters. The van der Waals surface area contributed by atoms with E-state index in [4.69, 9.17) is 22.4 Å². The SMILES string of the molecule is [2H]C([2H])(OP1(=O)OCc2cc(C)cc(C)c2O1)[C@]1(F)C[C@@H](O)[C@]([2H])(n2ccc(=O)[nH]c2=O)O1. The number of rotatable bonds is 4. The molecule has 2 N–H and O–H groups in total. The second-order valence-electron chi connectivity index (χ2n) is 6.94. The van der Waals surface area contributed by atoms with E-state index in [1.807, 2.05) is 11.9 Å². The van der Waals surface area contributed by atoms with Crippen LogP contribution in [-0.4, -0.2) is 33.2 Å². The molecule has 0 aliphatic carbocycles. The van der Waals surface area contributed by atoms with Crippen LogP contribution in [0.5, 0.6) is 5.75 Å². The molecule has 1 aromatic heterocycles. The second kappa shape index (κ2) is 7.44. The molecule has 1 fully saturated rings. The summed E-state index contributed by atoms with van der Waals surface area (Å²) >= 11 is 0. The fraction of sp³-hybridized carbons (Fsp3) is 0.444. The van der Waals surface area contributed by atoms with Crippen LogP contribution in [-0.2, 0) is 25.0 Å². The number of benzene rings is 1. The van der Waals surface area contributed by atoms with Gasteiger partial charge in [0.15, 0.2) is 6.20 Å². The van der Waals surface area contributed by atoms with Crippen molar-refractivity contribution in [2.24, 2.45) is 0 Å². The second-order valence-corrected chi connectivity index (χ2v) is 8.46. The first-order chi connectivity index (χ1) is 15.2. The van der Waals surface area contributed by atoms with Gasteiger partial charge in [-0.1, -0.05) is 17.7 Å². The quantitative estimate of drug-likeness (QED) is 0.682. The zero-order valence-corrected chi connectivity index (χ0v) is 16.8. The summed E-state index contributed by atoms with van der Waals surface area (Å²) in [5, 5.41) is 10.3. The molecule has 0 radical (unpaired) electrons. The van der Waals surface area contributed by atoms with Gasteiger partial charge in [-0.25, -0.2) is 13.8 Å². The lowest BCUT2D eigenvalue weighted by molar-refractivity contribution is -0.179. The number of ether oxygens (including phenoxy) is 1. The van der Waals surface area contributed by atoms with E-state index in [0.29, 0.717) is 15.7 Å². The molecule has 2 aliphatic rings. The predicted molar refractivity (Wildman–Crippen MR) is 101 cm³/mol. The Kier molecular flexibility index (Phi) is 4.31. The van der Waals surface area contributed by atoms with E-state index in [9.17, 15) is 19.3 Å². The predicted octanol–water partition coefficient (Wildman–Crippen LogP) is 1.83. The van der Waals surface area contributed by atoms with Crippen LogP contribution < -0.4 is 15.8 Å². The van der Waals surface area contributed by atoms with Crippen molar-refractivity contribution in [2.45, 2.75) is 45.0 Å². The number of aromatic amines is 1. The molecule has 0 saturated carbocycles. The van der Waals surface area contributed by atoms with Gasteiger partial charge < -0.3 is 14.4 Å². The minimum Gasteiger partial charge on any atom is -0.403 e. The number of phosphoric acid groups is 1. The molecule has 0 amide bonds. The fourth-order valence-electron chi connectivity index (χ4n) is 3.21. The molecular formula is C18H20FN2O8P. The van der Waals surface area contributed by atoms with Crippen molar-refractivity contribution >= 4 is 7.82 Å². The number of nitrogens with zero attached hydrogens (tertiary/aromatic N) is 1. The molecule has 4 rings (SSSR count). The maximum atomic E-state index is 15.7.